The Kier molecular flexibility index (Phi) is 3.14. The van der Waals surface area contributed by atoms with Crippen LogP contribution in [0.25, 0.3) is 10.4 Å². The van der Waals surface area contributed by atoms with Crippen molar-refractivity contribution in [3.05, 3.63) is 41.0 Å². The van der Waals surface area contributed by atoms with Crippen molar-refractivity contribution in [2.75, 3.05) is 7.05 Å². The van der Waals surface area contributed by atoms with Crippen molar-refractivity contribution in [1.82, 2.24) is 10.3 Å². The molecule has 2 aromatic rings. The molecule has 0 aliphatic rings. The second-order valence-electron chi connectivity index (χ2n) is 3.54. The maximum atomic E-state index is 4.30. The fourth-order valence-electron chi connectivity index (χ4n) is 1.44. The molecule has 0 spiro atoms. The molecule has 2 rings (SSSR count). The number of aromatic nitrogens is 1. The average Bonchev–Trinajstić information content (AvgIpc) is 2.68. The maximum absolute atomic E-state index is 4.30. The summed E-state index contributed by atoms with van der Waals surface area (Å²) >= 11 is 1.77. The lowest BCUT2D eigenvalue weighted by molar-refractivity contribution is 0.821. The number of hydrogen-bond donors (Lipinski definition) is 1. The van der Waals surface area contributed by atoms with Gasteiger partial charge in [0.15, 0.2) is 0 Å². The maximum Gasteiger partial charge on any atom is 0.0373 e. The minimum atomic E-state index is 0.926. The molecule has 0 saturated carbocycles. The lowest BCUT2D eigenvalue weighted by Crippen LogP contribution is -2.03. The van der Waals surface area contributed by atoms with Gasteiger partial charge < -0.3 is 5.32 Å². The highest BCUT2D eigenvalue weighted by Crippen LogP contribution is 2.26. The molecular weight excluding hydrogens is 204 g/mol. The lowest BCUT2D eigenvalue weighted by atomic mass is 10.2. The molecule has 0 aromatic carbocycles. The highest BCUT2D eigenvalue weighted by atomic mass is 32.1. The molecule has 0 unspecified atom stereocenters. The summed E-state index contributed by atoms with van der Waals surface area (Å²) < 4.78 is 0. The molecule has 0 amide bonds. The van der Waals surface area contributed by atoms with Crippen molar-refractivity contribution in [2.45, 2.75) is 13.5 Å². The number of nitrogens with zero attached hydrogens (tertiary/aromatic N) is 1. The first-order valence-electron chi connectivity index (χ1n) is 4.94. The zero-order valence-corrected chi connectivity index (χ0v) is 9.77. The highest BCUT2D eigenvalue weighted by molar-refractivity contribution is 7.13. The standard InChI is InChI=1S/C12H14N2S/c1-9-3-4-11(7-14-9)12-5-10(6-13-2)8-15-12/h3-5,7-8,13H,6H2,1-2H3. The van der Waals surface area contributed by atoms with Crippen LogP contribution >= 0.6 is 11.3 Å². The normalized spacial score (nSPS) is 10.5. The van der Waals surface area contributed by atoms with Crippen LogP contribution in [0.5, 0.6) is 0 Å². The molecule has 2 aromatic heterocycles. The molecular formula is C12H14N2S. The van der Waals surface area contributed by atoms with Crippen molar-refractivity contribution in [1.29, 1.82) is 0 Å². The minimum absolute atomic E-state index is 0.926. The SMILES string of the molecule is CNCc1csc(-c2ccc(C)nc2)c1. The molecule has 0 atom stereocenters. The van der Waals surface area contributed by atoms with Gasteiger partial charge in [0.25, 0.3) is 0 Å². The molecule has 0 radical (unpaired) electrons. The van der Waals surface area contributed by atoms with Gasteiger partial charge in [0, 0.05) is 28.9 Å². The molecule has 2 heterocycles. The lowest BCUT2D eigenvalue weighted by Gasteiger charge is -1.97. The van der Waals surface area contributed by atoms with E-state index in [4.69, 9.17) is 0 Å². The summed E-state index contributed by atoms with van der Waals surface area (Å²) in [6.07, 6.45) is 1.93. The Bertz CT molecular complexity index is 431. The number of aryl methyl sites for hydroxylation is 1. The zero-order chi connectivity index (χ0) is 10.7. The first-order chi connectivity index (χ1) is 7.29. The van der Waals surface area contributed by atoms with E-state index < -0.39 is 0 Å². The predicted molar refractivity (Wildman–Crippen MR) is 65.1 cm³/mol. The number of thiophene rings is 1. The summed E-state index contributed by atoms with van der Waals surface area (Å²) in [7, 11) is 1.96. The van der Waals surface area contributed by atoms with E-state index in [9.17, 15) is 0 Å². The minimum Gasteiger partial charge on any atom is -0.316 e. The Hall–Kier alpha value is -1.19. The number of nitrogens with one attached hydrogen (secondary N) is 1. The number of pyridine rings is 1. The zero-order valence-electron chi connectivity index (χ0n) is 8.95. The Morgan fingerprint density at radius 2 is 2.27 bits per heavy atom. The molecule has 0 aliphatic carbocycles. The van der Waals surface area contributed by atoms with Crippen LogP contribution in [0.1, 0.15) is 11.3 Å². The van der Waals surface area contributed by atoms with Crippen LogP contribution in [-0.2, 0) is 6.54 Å². The first kappa shape index (κ1) is 10.3. The van der Waals surface area contributed by atoms with Gasteiger partial charge in [-0.05, 0) is 37.0 Å². The van der Waals surface area contributed by atoms with Gasteiger partial charge in [0.1, 0.15) is 0 Å². The molecule has 0 bridgehead atoms. The highest BCUT2D eigenvalue weighted by Gasteiger charge is 2.02. The van der Waals surface area contributed by atoms with Crippen molar-refractivity contribution in [3.63, 3.8) is 0 Å². The van der Waals surface area contributed by atoms with E-state index in [1.807, 2.05) is 26.2 Å². The molecule has 3 heteroatoms. The Morgan fingerprint density at radius 1 is 1.40 bits per heavy atom. The Labute approximate surface area is 94.0 Å². The average molecular weight is 218 g/mol. The van der Waals surface area contributed by atoms with Crippen LogP contribution < -0.4 is 5.32 Å². The van der Waals surface area contributed by atoms with Crippen LogP contribution in [0.4, 0.5) is 0 Å². The molecule has 78 valence electrons. The van der Waals surface area contributed by atoms with E-state index in [2.05, 4.69) is 27.8 Å². The topological polar surface area (TPSA) is 24.9 Å². The van der Waals surface area contributed by atoms with E-state index in [0.29, 0.717) is 0 Å². The van der Waals surface area contributed by atoms with Crippen LogP contribution in [0, 0.1) is 6.92 Å². The van der Waals surface area contributed by atoms with Gasteiger partial charge in [0.05, 0.1) is 0 Å². The first-order valence-corrected chi connectivity index (χ1v) is 5.82. The summed E-state index contributed by atoms with van der Waals surface area (Å²) in [5, 5.41) is 5.34. The van der Waals surface area contributed by atoms with E-state index in [1.165, 1.54) is 16.0 Å². The quantitative estimate of drug-likeness (QED) is 0.857. The van der Waals surface area contributed by atoms with Gasteiger partial charge in [-0.25, -0.2) is 0 Å². The van der Waals surface area contributed by atoms with Crippen LogP contribution in [-0.4, -0.2) is 12.0 Å². The smallest absolute Gasteiger partial charge is 0.0373 e. The molecule has 0 saturated heterocycles. The summed E-state index contributed by atoms with van der Waals surface area (Å²) in [6.45, 7) is 2.93. The largest absolute Gasteiger partial charge is 0.316 e. The monoisotopic (exact) mass is 218 g/mol. The van der Waals surface area contributed by atoms with Crippen LogP contribution in [0.3, 0.4) is 0 Å². The second kappa shape index (κ2) is 4.55. The van der Waals surface area contributed by atoms with Crippen LogP contribution in [0.15, 0.2) is 29.8 Å². The third kappa shape index (κ3) is 2.43. The van der Waals surface area contributed by atoms with Gasteiger partial charge >= 0.3 is 0 Å². The fourth-order valence-corrected chi connectivity index (χ4v) is 2.34. The van der Waals surface area contributed by atoms with Gasteiger partial charge in [0.2, 0.25) is 0 Å². The summed E-state index contributed by atoms with van der Waals surface area (Å²) in [5.41, 5.74) is 3.59. The van der Waals surface area contributed by atoms with E-state index in [0.717, 1.165) is 12.2 Å². The molecule has 2 nitrogen and oxygen atoms in total. The van der Waals surface area contributed by atoms with Crippen molar-refractivity contribution in [3.8, 4) is 10.4 Å². The van der Waals surface area contributed by atoms with Gasteiger partial charge in [-0.1, -0.05) is 6.07 Å². The van der Waals surface area contributed by atoms with Gasteiger partial charge in [-0.3, -0.25) is 4.98 Å². The predicted octanol–water partition coefficient (Wildman–Crippen LogP) is 2.84. The van der Waals surface area contributed by atoms with Crippen molar-refractivity contribution in [2.24, 2.45) is 0 Å². The van der Waals surface area contributed by atoms with E-state index in [-0.39, 0.29) is 0 Å². The number of hydrogen-bond acceptors (Lipinski definition) is 3. The third-order valence-electron chi connectivity index (χ3n) is 2.23. The summed E-state index contributed by atoms with van der Waals surface area (Å²) in [4.78, 5) is 5.59. The third-order valence-corrected chi connectivity index (χ3v) is 3.26. The summed E-state index contributed by atoms with van der Waals surface area (Å²) in [6, 6.07) is 6.39. The van der Waals surface area contributed by atoms with Crippen LogP contribution in [0.2, 0.25) is 0 Å². The Balaban J connectivity index is 2.25. The van der Waals surface area contributed by atoms with Crippen molar-refractivity contribution >= 4 is 11.3 Å². The summed E-state index contributed by atoms with van der Waals surface area (Å²) in [5.74, 6) is 0. The molecule has 0 fully saturated rings. The molecule has 0 aliphatic heterocycles. The van der Waals surface area contributed by atoms with Crippen molar-refractivity contribution < 1.29 is 0 Å². The van der Waals surface area contributed by atoms with E-state index >= 15 is 0 Å². The molecule has 15 heavy (non-hydrogen) atoms. The molecule has 1 N–H and O–H groups in total. The number of rotatable bonds is 3. The second-order valence-corrected chi connectivity index (χ2v) is 4.45. The van der Waals surface area contributed by atoms with Gasteiger partial charge in [-0.2, -0.15) is 0 Å². The van der Waals surface area contributed by atoms with E-state index in [1.54, 1.807) is 11.3 Å². The van der Waals surface area contributed by atoms with Gasteiger partial charge in [-0.15, -0.1) is 11.3 Å². The Morgan fingerprint density at radius 3 is 2.93 bits per heavy atom. The fraction of sp³-hybridized carbons (Fsp3) is 0.250.